The molecule has 26 heavy (non-hydrogen) atoms. The molecule has 9 heteroatoms. The van der Waals surface area contributed by atoms with Crippen LogP contribution in [-0.4, -0.2) is 83.2 Å². The molecule has 1 unspecified atom stereocenters. The van der Waals surface area contributed by atoms with Gasteiger partial charge in [-0.05, 0) is 26.6 Å². The molecular formula is C17H23N3O6. The average molecular weight is 365 g/mol. The summed E-state index contributed by atoms with van der Waals surface area (Å²) >= 11 is 0. The highest BCUT2D eigenvalue weighted by molar-refractivity contribution is 5.96. The van der Waals surface area contributed by atoms with Crippen molar-refractivity contribution in [1.29, 1.82) is 0 Å². The molecule has 0 aromatic carbocycles. The van der Waals surface area contributed by atoms with Crippen molar-refractivity contribution in [2.75, 3.05) is 34.2 Å². The van der Waals surface area contributed by atoms with E-state index < -0.39 is 11.9 Å². The largest absolute Gasteiger partial charge is 0.486 e. The van der Waals surface area contributed by atoms with E-state index in [2.05, 4.69) is 9.88 Å². The first-order valence-corrected chi connectivity index (χ1v) is 7.85. The number of rotatable bonds is 5. The summed E-state index contributed by atoms with van der Waals surface area (Å²) in [5.41, 5.74) is 0.597. The number of hydrogen-bond acceptors (Lipinski definition) is 6. The summed E-state index contributed by atoms with van der Waals surface area (Å²) in [7, 11) is 5.87. The average Bonchev–Trinajstić information content (AvgIpc) is 2.69. The summed E-state index contributed by atoms with van der Waals surface area (Å²) in [5, 5.41) is 15.6. The first-order valence-electron chi connectivity index (χ1n) is 7.85. The number of carboxylic acids is 2. The number of aromatic nitrogens is 1. The van der Waals surface area contributed by atoms with E-state index in [4.69, 9.17) is 14.9 Å². The zero-order chi connectivity index (χ0) is 19.7. The molecule has 2 N–H and O–H groups in total. The Balaban J connectivity index is 0.000000359. The summed E-state index contributed by atoms with van der Waals surface area (Å²) in [6.07, 6.45) is 5.26. The standard InChI is InChI=1S/C13H19N3O2.C4H4O4/c1-15(2)7-5-10-9-16(3)13(17)11-4-6-14-8-12(11)18-10;5-3(6)1-2-4(7)8/h4,6,8,10H,5,7,9H2,1-3H3;1-2H,(H,5,6)(H,7,8). The third-order valence-electron chi connectivity index (χ3n) is 3.40. The molecule has 0 aliphatic carbocycles. The SMILES string of the molecule is CN(C)CCC1CN(C)C(=O)c2ccncc2O1.O=C(O)C=CC(=O)O. The van der Waals surface area contributed by atoms with Crippen LogP contribution in [0.15, 0.2) is 30.6 Å². The molecule has 0 saturated heterocycles. The van der Waals surface area contributed by atoms with E-state index in [-0.39, 0.29) is 12.0 Å². The van der Waals surface area contributed by atoms with Crippen molar-refractivity contribution >= 4 is 17.8 Å². The molecule has 0 spiro atoms. The summed E-state index contributed by atoms with van der Waals surface area (Å²) in [6.45, 7) is 1.55. The first-order chi connectivity index (χ1) is 12.2. The number of ether oxygens (including phenoxy) is 1. The van der Waals surface area contributed by atoms with Crippen LogP contribution in [-0.2, 0) is 9.59 Å². The van der Waals surface area contributed by atoms with Crippen molar-refractivity contribution in [1.82, 2.24) is 14.8 Å². The maximum absolute atomic E-state index is 12.1. The third kappa shape index (κ3) is 7.31. The quantitative estimate of drug-likeness (QED) is 0.727. The van der Waals surface area contributed by atoms with Gasteiger partial charge in [0.1, 0.15) is 6.10 Å². The van der Waals surface area contributed by atoms with Gasteiger partial charge < -0.3 is 24.7 Å². The summed E-state index contributed by atoms with van der Waals surface area (Å²) in [5.74, 6) is -1.92. The van der Waals surface area contributed by atoms with Gasteiger partial charge in [-0.3, -0.25) is 9.78 Å². The number of carbonyl (C=O) groups is 3. The van der Waals surface area contributed by atoms with Gasteiger partial charge in [0.05, 0.1) is 18.3 Å². The van der Waals surface area contributed by atoms with Gasteiger partial charge in [0.2, 0.25) is 0 Å². The zero-order valence-electron chi connectivity index (χ0n) is 15.0. The number of pyridine rings is 1. The molecule has 1 aliphatic rings. The van der Waals surface area contributed by atoms with E-state index >= 15 is 0 Å². The molecule has 2 heterocycles. The number of carboxylic acid groups (broad SMARTS) is 2. The van der Waals surface area contributed by atoms with Crippen LogP contribution in [0.4, 0.5) is 0 Å². The highest BCUT2D eigenvalue weighted by atomic mass is 16.5. The number of fused-ring (bicyclic) bond motifs is 1. The van der Waals surface area contributed by atoms with Gasteiger partial charge in [-0.15, -0.1) is 0 Å². The number of amides is 1. The highest BCUT2D eigenvalue weighted by Crippen LogP contribution is 2.24. The van der Waals surface area contributed by atoms with Crippen molar-refractivity contribution in [3.8, 4) is 5.75 Å². The second-order valence-electron chi connectivity index (χ2n) is 5.90. The fourth-order valence-electron chi connectivity index (χ4n) is 2.16. The van der Waals surface area contributed by atoms with E-state index in [1.54, 1.807) is 23.4 Å². The number of nitrogens with zero attached hydrogens (tertiary/aromatic N) is 3. The Bertz CT molecular complexity index is 658. The fourth-order valence-corrected chi connectivity index (χ4v) is 2.16. The van der Waals surface area contributed by atoms with Crippen LogP contribution in [0.3, 0.4) is 0 Å². The van der Waals surface area contributed by atoms with Crippen LogP contribution in [0.25, 0.3) is 0 Å². The topological polar surface area (TPSA) is 120 Å². The Morgan fingerprint density at radius 2 is 1.96 bits per heavy atom. The number of hydrogen-bond donors (Lipinski definition) is 2. The Labute approximate surface area is 151 Å². The third-order valence-corrected chi connectivity index (χ3v) is 3.40. The molecule has 0 saturated carbocycles. The number of aliphatic carboxylic acids is 2. The lowest BCUT2D eigenvalue weighted by molar-refractivity contribution is -0.134. The van der Waals surface area contributed by atoms with Crippen LogP contribution < -0.4 is 4.74 Å². The lowest BCUT2D eigenvalue weighted by Crippen LogP contribution is -2.35. The molecule has 0 radical (unpaired) electrons. The molecule has 9 nitrogen and oxygen atoms in total. The van der Waals surface area contributed by atoms with Crippen LogP contribution in [0.2, 0.25) is 0 Å². The van der Waals surface area contributed by atoms with Crippen LogP contribution in [0.5, 0.6) is 5.75 Å². The summed E-state index contributed by atoms with van der Waals surface area (Å²) in [4.78, 5) is 39.1. The van der Waals surface area contributed by atoms with E-state index in [9.17, 15) is 14.4 Å². The Morgan fingerprint density at radius 1 is 1.35 bits per heavy atom. The van der Waals surface area contributed by atoms with Gasteiger partial charge >= 0.3 is 11.9 Å². The first kappa shape index (κ1) is 21.1. The molecule has 0 bridgehead atoms. The van der Waals surface area contributed by atoms with Crippen LogP contribution in [0.1, 0.15) is 16.8 Å². The normalized spacial score (nSPS) is 16.4. The van der Waals surface area contributed by atoms with Gasteiger partial charge in [-0.25, -0.2) is 9.59 Å². The van der Waals surface area contributed by atoms with Crippen molar-refractivity contribution in [2.24, 2.45) is 0 Å². The molecule has 1 aromatic rings. The van der Waals surface area contributed by atoms with Gasteiger partial charge in [-0.1, -0.05) is 0 Å². The van der Waals surface area contributed by atoms with Gasteiger partial charge in [0, 0.05) is 31.9 Å². The minimum Gasteiger partial charge on any atom is -0.486 e. The second-order valence-corrected chi connectivity index (χ2v) is 5.90. The minimum atomic E-state index is -1.26. The molecule has 1 atom stereocenters. The number of carbonyl (C=O) groups excluding carboxylic acids is 1. The Morgan fingerprint density at radius 3 is 2.50 bits per heavy atom. The number of likely N-dealkylation sites (N-methyl/N-ethyl adjacent to an activating group) is 1. The van der Waals surface area contributed by atoms with Crippen molar-refractivity contribution in [3.63, 3.8) is 0 Å². The minimum absolute atomic E-state index is 0.000229. The van der Waals surface area contributed by atoms with Gasteiger partial charge in [0.25, 0.3) is 5.91 Å². The van der Waals surface area contributed by atoms with Crippen molar-refractivity contribution in [3.05, 3.63) is 36.2 Å². The maximum Gasteiger partial charge on any atom is 0.328 e. The van der Waals surface area contributed by atoms with E-state index in [1.807, 2.05) is 21.1 Å². The lowest BCUT2D eigenvalue weighted by atomic mass is 10.2. The summed E-state index contributed by atoms with van der Waals surface area (Å²) in [6, 6.07) is 1.71. The fraction of sp³-hybridized carbons (Fsp3) is 0.412. The molecule has 1 aromatic heterocycles. The second kappa shape index (κ2) is 10.1. The smallest absolute Gasteiger partial charge is 0.328 e. The van der Waals surface area contributed by atoms with Crippen LogP contribution in [0, 0.1) is 0 Å². The maximum atomic E-state index is 12.1. The monoisotopic (exact) mass is 365 g/mol. The van der Waals surface area contributed by atoms with E-state index in [0.717, 1.165) is 13.0 Å². The molecule has 1 amide bonds. The van der Waals surface area contributed by atoms with Crippen molar-refractivity contribution < 1.29 is 29.3 Å². The highest BCUT2D eigenvalue weighted by Gasteiger charge is 2.26. The molecule has 2 rings (SSSR count). The Kier molecular flexibility index (Phi) is 8.23. The van der Waals surface area contributed by atoms with Crippen LogP contribution >= 0.6 is 0 Å². The summed E-state index contributed by atoms with van der Waals surface area (Å²) < 4.78 is 5.90. The van der Waals surface area contributed by atoms with E-state index in [1.165, 1.54) is 0 Å². The predicted molar refractivity (Wildman–Crippen MR) is 93.2 cm³/mol. The lowest BCUT2D eigenvalue weighted by Gasteiger charge is -2.21. The van der Waals surface area contributed by atoms with E-state index in [0.29, 0.717) is 30.0 Å². The van der Waals surface area contributed by atoms with Gasteiger partial charge in [-0.2, -0.15) is 0 Å². The predicted octanol–water partition coefficient (Wildman–Crippen LogP) is 0.578. The Hall–Kier alpha value is -2.94. The molecule has 1 aliphatic heterocycles. The molecule has 0 fully saturated rings. The van der Waals surface area contributed by atoms with Crippen molar-refractivity contribution in [2.45, 2.75) is 12.5 Å². The van der Waals surface area contributed by atoms with Gasteiger partial charge in [0.15, 0.2) is 5.75 Å². The molecule has 142 valence electrons. The zero-order valence-corrected chi connectivity index (χ0v) is 15.0. The molecular weight excluding hydrogens is 342 g/mol.